The van der Waals surface area contributed by atoms with Crippen LogP contribution < -0.4 is 5.32 Å². The van der Waals surface area contributed by atoms with Gasteiger partial charge in [-0.15, -0.1) is 0 Å². The Labute approximate surface area is 149 Å². The first-order valence-electron chi connectivity index (χ1n) is 9.36. The predicted molar refractivity (Wildman–Crippen MR) is 97.4 cm³/mol. The minimum atomic E-state index is 0.0771. The van der Waals surface area contributed by atoms with Crippen molar-refractivity contribution in [2.24, 2.45) is 0 Å². The molecule has 1 aromatic carbocycles. The number of aromatic nitrogens is 2. The molecule has 4 rings (SSSR count). The number of benzene rings is 1. The molecule has 0 unspecified atom stereocenters. The molecule has 25 heavy (non-hydrogen) atoms. The normalized spacial score (nSPS) is 24.0. The van der Waals surface area contributed by atoms with E-state index in [-0.39, 0.29) is 12.1 Å². The lowest BCUT2D eigenvalue weighted by Crippen LogP contribution is -2.46. The van der Waals surface area contributed by atoms with E-state index in [9.17, 15) is 4.79 Å². The fourth-order valence-corrected chi connectivity index (χ4v) is 4.23. The molecule has 2 aromatic rings. The Bertz CT molecular complexity index is 719. The SMILES string of the molecule is C[C@H]1CC[C@@H](NC(=O)N2CCC(n3cccn3)CC2)c2ccccc21. The second-order valence-corrected chi connectivity index (χ2v) is 7.31. The predicted octanol–water partition coefficient (Wildman–Crippen LogP) is 3.87. The van der Waals surface area contributed by atoms with Crippen molar-refractivity contribution in [3.8, 4) is 0 Å². The third-order valence-corrected chi connectivity index (χ3v) is 5.74. The molecule has 0 bridgehead atoms. The van der Waals surface area contributed by atoms with E-state index in [4.69, 9.17) is 0 Å². The maximum atomic E-state index is 12.7. The van der Waals surface area contributed by atoms with Crippen LogP contribution in [0.4, 0.5) is 4.79 Å². The molecule has 1 N–H and O–H groups in total. The summed E-state index contributed by atoms with van der Waals surface area (Å²) >= 11 is 0. The van der Waals surface area contributed by atoms with Gasteiger partial charge in [0.25, 0.3) is 0 Å². The van der Waals surface area contributed by atoms with Crippen LogP contribution in [0.3, 0.4) is 0 Å². The standard InChI is InChI=1S/C20H26N4O/c1-15-7-8-19(18-6-3-2-5-17(15)18)22-20(25)23-13-9-16(10-14-23)24-12-4-11-21-24/h2-6,11-12,15-16,19H,7-10,13-14H2,1H3,(H,22,25)/t15-,19+/m0/s1. The highest BCUT2D eigenvalue weighted by Crippen LogP contribution is 2.37. The number of nitrogens with zero attached hydrogens (tertiary/aromatic N) is 3. The summed E-state index contributed by atoms with van der Waals surface area (Å²) in [4.78, 5) is 14.7. The van der Waals surface area contributed by atoms with Gasteiger partial charge in [-0.2, -0.15) is 5.10 Å². The van der Waals surface area contributed by atoms with Gasteiger partial charge in [-0.3, -0.25) is 4.68 Å². The van der Waals surface area contributed by atoms with E-state index in [0.29, 0.717) is 12.0 Å². The molecule has 0 saturated carbocycles. The molecule has 2 amide bonds. The topological polar surface area (TPSA) is 50.2 Å². The number of nitrogens with one attached hydrogen (secondary N) is 1. The van der Waals surface area contributed by atoms with Gasteiger partial charge in [-0.25, -0.2) is 4.79 Å². The number of hydrogen-bond donors (Lipinski definition) is 1. The average molecular weight is 338 g/mol. The summed E-state index contributed by atoms with van der Waals surface area (Å²) in [6, 6.07) is 11.1. The quantitative estimate of drug-likeness (QED) is 0.904. The number of likely N-dealkylation sites (tertiary alicyclic amines) is 1. The molecule has 1 saturated heterocycles. The van der Waals surface area contributed by atoms with Crippen molar-refractivity contribution >= 4 is 6.03 Å². The van der Waals surface area contributed by atoms with Crippen molar-refractivity contribution in [1.29, 1.82) is 0 Å². The first-order chi connectivity index (χ1) is 12.2. The number of piperidine rings is 1. The van der Waals surface area contributed by atoms with E-state index < -0.39 is 0 Å². The Hall–Kier alpha value is -2.30. The summed E-state index contributed by atoms with van der Waals surface area (Å²) in [6.07, 6.45) is 7.92. The summed E-state index contributed by atoms with van der Waals surface area (Å²) in [6.45, 7) is 3.86. The van der Waals surface area contributed by atoms with Crippen molar-refractivity contribution in [3.63, 3.8) is 0 Å². The second-order valence-electron chi connectivity index (χ2n) is 7.31. The first kappa shape index (κ1) is 16.2. The number of carbonyl (C=O) groups is 1. The molecule has 2 heterocycles. The molecule has 1 aliphatic carbocycles. The molecule has 5 nitrogen and oxygen atoms in total. The molecule has 1 fully saturated rings. The van der Waals surface area contributed by atoms with E-state index in [1.165, 1.54) is 11.1 Å². The van der Waals surface area contributed by atoms with Gasteiger partial charge in [0, 0.05) is 25.5 Å². The van der Waals surface area contributed by atoms with Crippen molar-refractivity contribution in [3.05, 3.63) is 53.9 Å². The molecular formula is C20H26N4O. The molecule has 1 aromatic heterocycles. The van der Waals surface area contributed by atoms with Crippen LogP contribution in [0, 0.1) is 0 Å². The highest BCUT2D eigenvalue weighted by molar-refractivity contribution is 5.75. The van der Waals surface area contributed by atoms with Crippen LogP contribution >= 0.6 is 0 Å². The van der Waals surface area contributed by atoms with Crippen molar-refractivity contribution in [1.82, 2.24) is 20.0 Å². The zero-order valence-electron chi connectivity index (χ0n) is 14.8. The molecule has 2 aliphatic rings. The second kappa shape index (κ2) is 6.90. The summed E-state index contributed by atoms with van der Waals surface area (Å²) in [7, 11) is 0. The van der Waals surface area contributed by atoms with Crippen LogP contribution in [0.2, 0.25) is 0 Å². The smallest absolute Gasteiger partial charge is 0.317 e. The van der Waals surface area contributed by atoms with Crippen LogP contribution in [-0.4, -0.2) is 33.8 Å². The Kier molecular flexibility index (Phi) is 4.47. The summed E-state index contributed by atoms with van der Waals surface area (Å²) in [5.74, 6) is 0.578. The average Bonchev–Trinajstić information content (AvgIpc) is 3.19. The molecule has 0 spiro atoms. The fraction of sp³-hybridized carbons (Fsp3) is 0.500. The van der Waals surface area contributed by atoms with Crippen LogP contribution in [0.1, 0.15) is 61.7 Å². The zero-order valence-corrected chi connectivity index (χ0v) is 14.8. The Morgan fingerprint density at radius 2 is 1.84 bits per heavy atom. The molecule has 5 heteroatoms. The van der Waals surface area contributed by atoms with Crippen LogP contribution in [-0.2, 0) is 0 Å². The van der Waals surface area contributed by atoms with Gasteiger partial charge in [0.15, 0.2) is 0 Å². The molecular weight excluding hydrogens is 312 g/mol. The van der Waals surface area contributed by atoms with Crippen molar-refractivity contribution < 1.29 is 4.79 Å². The van der Waals surface area contributed by atoms with Gasteiger partial charge in [0.05, 0.1) is 12.1 Å². The summed E-state index contributed by atoms with van der Waals surface area (Å²) < 4.78 is 2.02. The maximum absolute atomic E-state index is 12.7. The van der Waals surface area contributed by atoms with E-state index in [1.54, 1.807) is 0 Å². The summed E-state index contributed by atoms with van der Waals surface area (Å²) in [5.41, 5.74) is 2.68. The first-order valence-corrected chi connectivity index (χ1v) is 9.36. The van der Waals surface area contributed by atoms with Gasteiger partial charge >= 0.3 is 6.03 Å². The molecule has 2 atom stereocenters. The third-order valence-electron chi connectivity index (χ3n) is 5.74. The van der Waals surface area contributed by atoms with Gasteiger partial charge in [-0.05, 0) is 48.8 Å². The Morgan fingerprint density at radius 1 is 1.08 bits per heavy atom. The van der Waals surface area contributed by atoms with Crippen LogP contribution in [0.5, 0.6) is 0 Å². The van der Waals surface area contributed by atoms with Crippen molar-refractivity contribution in [2.45, 2.75) is 50.6 Å². The van der Waals surface area contributed by atoms with Crippen LogP contribution in [0.15, 0.2) is 42.7 Å². The minimum absolute atomic E-state index is 0.0771. The van der Waals surface area contributed by atoms with E-state index in [2.05, 4.69) is 41.6 Å². The number of urea groups is 1. The minimum Gasteiger partial charge on any atom is -0.331 e. The number of fused-ring (bicyclic) bond motifs is 1. The Morgan fingerprint density at radius 3 is 2.56 bits per heavy atom. The highest BCUT2D eigenvalue weighted by Gasteiger charge is 2.29. The van der Waals surface area contributed by atoms with E-state index in [1.807, 2.05) is 28.0 Å². The van der Waals surface area contributed by atoms with Crippen molar-refractivity contribution in [2.75, 3.05) is 13.1 Å². The lowest BCUT2D eigenvalue weighted by Gasteiger charge is -2.35. The number of rotatable bonds is 2. The molecule has 1 aliphatic heterocycles. The summed E-state index contributed by atoms with van der Waals surface area (Å²) in [5, 5.41) is 7.61. The molecule has 132 valence electrons. The monoisotopic (exact) mass is 338 g/mol. The number of hydrogen-bond acceptors (Lipinski definition) is 2. The van der Waals surface area contributed by atoms with Gasteiger partial charge < -0.3 is 10.2 Å². The van der Waals surface area contributed by atoms with E-state index in [0.717, 1.165) is 38.8 Å². The largest absolute Gasteiger partial charge is 0.331 e. The number of carbonyl (C=O) groups excluding carboxylic acids is 1. The van der Waals surface area contributed by atoms with Gasteiger partial charge in [0.2, 0.25) is 0 Å². The number of amides is 2. The Balaban J connectivity index is 1.38. The zero-order chi connectivity index (χ0) is 17.2. The van der Waals surface area contributed by atoms with Crippen LogP contribution in [0.25, 0.3) is 0 Å². The van der Waals surface area contributed by atoms with E-state index >= 15 is 0 Å². The van der Waals surface area contributed by atoms with Gasteiger partial charge in [-0.1, -0.05) is 31.2 Å². The lowest BCUT2D eigenvalue weighted by atomic mass is 9.81. The third kappa shape index (κ3) is 3.28. The maximum Gasteiger partial charge on any atom is 0.317 e. The fourth-order valence-electron chi connectivity index (χ4n) is 4.23. The molecule has 0 radical (unpaired) electrons. The highest BCUT2D eigenvalue weighted by atomic mass is 16.2. The lowest BCUT2D eigenvalue weighted by molar-refractivity contribution is 0.164. The van der Waals surface area contributed by atoms with Gasteiger partial charge in [0.1, 0.15) is 0 Å².